The number of nitrogens with one attached hydrogen (secondary N) is 1. The van der Waals surface area contributed by atoms with E-state index in [1.807, 2.05) is 0 Å². The normalized spacial score (nSPS) is 12.7. The van der Waals surface area contributed by atoms with Gasteiger partial charge in [0, 0.05) is 34.4 Å². The van der Waals surface area contributed by atoms with Gasteiger partial charge >= 0.3 is 6.18 Å². The zero-order chi connectivity index (χ0) is 22.9. The van der Waals surface area contributed by atoms with Gasteiger partial charge in [-0.2, -0.15) is 18.3 Å². The van der Waals surface area contributed by atoms with Crippen molar-refractivity contribution in [1.29, 1.82) is 0 Å². The van der Waals surface area contributed by atoms with Crippen molar-refractivity contribution in [2.45, 2.75) is 12.3 Å². The van der Waals surface area contributed by atoms with E-state index < -0.39 is 24.5 Å². The molecule has 0 aliphatic heterocycles. The molecule has 3 aromatic heterocycles. The van der Waals surface area contributed by atoms with Crippen molar-refractivity contribution in [1.82, 2.24) is 20.2 Å². The first-order valence-electron chi connectivity index (χ1n) is 9.26. The summed E-state index contributed by atoms with van der Waals surface area (Å²) in [6.07, 6.45) is -1.07. The molecule has 0 aliphatic rings. The first-order chi connectivity index (χ1) is 15.3. The molecule has 1 aromatic carbocycles. The highest BCUT2D eigenvalue weighted by atomic mass is 35.5. The van der Waals surface area contributed by atoms with E-state index >= 15 is 0 Å². The number of hydrogen-bond acceptors (Lipinski definition) is 7. The van der Waals surface area contributed by atoms with Crippen LogP contribution in [-0.4, -0.2) is 37.0 Å². The number of rotatable bonds is 5. The Bertz CT molecular complexity index is 1270. The SMILES string of the molecule is OC[C@@H](O)c1cnc(-c2cc3cnnc(Nc4ccc(C(F)(F)F)cc4)c3cn2)c(Cl)c1. The summed E-state index contributed by atoms with van der Waals surface area (Å²) >= 11 is 6.28. The van der Waals surface area contributed by atoms with Gasteiger partial charge in [-0.25, -0.2) is 0 Å². The Labute approximate surface area is 184 Å². The molecule has 32 heavy (non-hydrogen) atoms. The zero-order valence-electron chi connectivity index (χ0n) is 16.2. The molecule has 0 saturated heterocycles. The molecule has 4 aromatic rings. The maximum absolute atomic E-state index is 12.8. The van der Waals surface area contributed by atoms with Gasteiger partial charge in [0.1, 0.15) is 11.8 Å². The average molecular weight is 462 g/mol. The molecule has 0 amide bonds. The van der Waals surface area contributed by atoms with Gasteiger partial charge in [0.05, 0.1) is 29.1 Å². The largest absolute Gasteiger partial charge is 0.416 e. The third-order valence-corrected chi connectivity index (χ3v) is 4.97. The van der Waals surface area contributed by atoms with E-state index in [0.29, 0.717) is 39.2 Å². The molecular formula is C21H15ClF3N5O2. The lowest BCUT2D eigenvalue weighted by atomic mass is 10.1. The van der Waals surface area contributed by atoms with Crippen LogP contribution in [0.2, 0.25) is 5.02 Å². The quantitative estimate of drug-likeness (QED) is 0.401. The van der Waals surface area contributed by atoms with Crippen molar-refractivity contribution in [2.24, 2.45) is 0 Å². The third-order valence-electron chi connectivity index (χ3n) is 4.68. The summed E-state index contributed by atoms with van der Waals surface area (Å²) in [5.74, 6) is 0.321. The number of fused-ring (bicyclic) bond motifs is 1. The summed E-state index contributed by atoms with van der Waals surface area (Å²) in [4.78, 5) is 8.60. The molecule has 0 fully saturated rings. The van der Waals surface area contributed by atoms with Crippen LogP contribution in [0, 0.1) is 0 Å². The van der Waals surface area contributed by atoms with Crippen molar-refractivity contribution in [3.8, 4) is 11.4 Å². The number of aliphatic hydroxyl groups is 2. The second-order valence-electron chi connectivity index (χ2n) is 6.85. The number of alkyl halides is 3. The molecular weight excluding hydrogens is 447 g/mol. The highest BCUT2D eigenvalue weighted by Gasteiger charge is 2.30. The first kappa shape index (κ1) is 21.9. The molecule has 0 saturated carbocycles. The van der Waals surface area contributed by atoms with Gasteiger partial charge < -0.3 is 15.5 Å². The molecule has 0 spiro atoms. The molecule has 0 aliphatic carbocycles. The Morgan fingerprint density at radius 3 is 2.44 bits per heavy atom. The number of benzene rings is 1. The monoisotopic (exact) mass is 461 g/mol. The fraction of sp³-hybridized carbons (Fsp3) is 0.143. The van der Waals surface area contributed by atoms with Crippen LogP contribution in [0.5, 0.6) is 0 Å². The average Bonchev–Trinajstić information content (AvgIpc) is 2.78. The van der Waals surface area contributed by atoms with E-state index in [0.717, 1.165) is 12.1 Å². The molecule has 164 valence electrons. The topological polar surface area (TPSA) is 104 Å². The molecule has 3 heterocycles. The van der Waals surface area contributed by atoms with Crippen molar-refractivity contribution in [3.63, 3.8) is 0 Å². The van der Waals surface area contributed by atoms with Gasteiger partial charge in [-0.3, -0.25) is 9.97 Å². The molecule has 0 bridgehead atoms. The van der Waals surface area contributed by atoms with Crippen molar-refractivity contribution in [3.05, 3.63) is 71.1 Å². The Kier molecular flexibility index (Phi) is 5.92. The van der Waals surface area contributed by atoms with Crippen LogP contribution in [-0.2, 0) is 6.18 Å². The zero-order valence-corrected chi connectivity index (χ0v) is 16.9. The van der Waals surface area contributed by atoms with Crippen LogP contribution in [0.4, 0.5) is 24.7 Å². The van der Waals surface area contributed by atoms with E-state index in [9.17, 15) is 18.3 Å². The summed E-state index contributed by atoms with van der Waals surface area (Å²) in [6.45, 7) is -0.459. The molecule has 7 nitrogen and oxygen atoms in total. The minimum atomic E-state index is -4.41. The highest BCUT2D eigenvalue weighted by Crippen LogP contribution is 2.32. The van der Waals surface area contributed by atoms with Crippen LogP contribution < -0.4 is 5.32 Å². The van der Waals surface area contributed by atoms with Crippen LogP contribution in [0.3, 0.4) is 0 Å². The highest BCUT2D eigenvalue weighted by molar-refractivity contribution is 6.33. The molecule has 3 N–H and O–H groups in total. The van der Waals surface area contributed by atoms with Gasteiger partial charge in [-0.05, 0) is 36.4 Å². The summed E-state index contributed by atoms with van der Waals surface area (Å²) < 4.78 is 38.3. The second kappa shape index (κ2) is 8.65. The Morgan fingerprint density at radius 1 is 1.03 bits per heavy atom. The summed E-state index contributed by atoms with van der Waals surface area (Å²) in [7, 11) is 0. The molecule has 0 unspecified atom stereocenters. The fourth-order valence-electron chi connectivity index (χ4n) is 3.01. The standard InChI is InChI=1S/C21H15ClF3N5O2/c22-16-5-12(18(32)10-31)7-27-19(16)17-6-11-8-28-30-20(15(11)9-26-17)29-14-3-1-13(2-4-14)21(23,24)25/h1-9,18,31-32H,10H2,(H,29,30)/t18-/m1/s1. The Balaban J connectivity index is 1.64. The van der Waals surface area contributed by atoms with Crippen LogP contribution in [0.15, 0.2) is 55.0 Å². The van der Waals surface area contributed by atoms with Crippen LogP contribution in [0.1, 0.15) is 17.2 Å². The Hall–Kier alpha value is -3.34. The van der Waals surface area contributed by atoms with Crippen LogP contribution in [0.25, 0.3) is 22.2 Å². The third kappa shape index (κ3) is 4.47. The smallest absolute Gasteiger partial charge is 0.393 e. The predicted octanol–water partition coefficient (Wildman–Crippen LogP) is 4.53. The Morgan fingerprint density at radius 2 is 1.78 bits per heavy atom. The number of nitrogens with zero attached hydrogens (tertiary/aromatic N) is 4. The second-order valence-corrected chi connectivity index (χ2v) is 7.25. The van der Waals surface area contributed by atoms with Crippen molar-refractivity contribution >= 4 is 33.9 Å². The number of aliphatic hydroxyl groups excluding tert-OH is 2. The minimum Gasteiger partial charge on any atom is -0.393 e. The number of halogens is 4. The first-order valence-corrected chi connectivity index (χ1v) is 9.64. The molecule has 11 heteroatoms. The van der Waals surface area contributed by atoms with E-state index in [1.165, 1.54) is 36.8 Å². The lowest BCUT2D eigenvalue weighted by Gasteiger charge is -2.11. The maximum atomic E-state index is 12.8. The van der Waals surface area contributed by atoms with Crippen molar-refractivity contribution in [2.75, 3.05) is 11.9 Å². The van der Waals surface area contributed by atoms with Gasteiger partial charge in [0.25, 0.3) is 0 Å². The number of hydrogen-bond donors (Lipinski definition) is 3. The number of anilines is 2. The lowest BCUT2D eigenvalue weighted by molar-refractivity contribution is -0.137. The fourth-order valence-corrected chi connectivity index (χ4v) is 3.28. The molecule has 0 radical (unpaired) electrons. The number of pyridine rings is 2. The van der Waals surface area contributed by atoms with E-state index in [2.05, 4.69) is 25.5 Å². The summed E-state index contributed by atoms with van der Waals surface area (Å²) in [6, 6.07) is 7.75. The van der Waals surface area contributed by atoms with Gasteiger partial charge in [0.2, 0.25) is 0 Å². The van der Waals surface area contributed by atoms with Crippen LogP contribution >= 0.6 is 11.6 Å². The summed E-state index contributed by atoms with van der Waals surface area (Å²) in [5, 5.41) is 31.2. The van der Waals surface area contributed by atoms with Gasteiger partial charge in [0.15, 0.2) is 5.82 Å². The van der Waals surface area contributed by atoms with Gasteiger partial charge in [-0.1, -0.05) is 11.6 Å². The minimum absolute atomic E-state index is 0.243. The number of aromatic nitrogens is 4. The molecule has 1 atom stereocenters. The lowest BCUT2D eigenvalue weighted by Crippen LogP contribution is -2.05. The van der Waals surface area contributed by atoms with E-state index in [-0.39, 0.29) is 5.02 Å². The maximum Gasteiger partial charge on any atom is 0.416 e. The predicted molar refractivity (Wildman–Crippen MR) is 112 cm³/mol. The molecule has 4 rings (SSSR count). The van der Waals surface area contributed by atoms with Gasteiger partial charge in [-0.15, -0.1) is 5.10 Å². The van der Waals surface area contributed by atoms with E-state index in [1.54, 1.807) is 6.07 Å². The summed E-state index contributed by atoms with van der Waals surface area (Å²) in [5.41, 5.74) is 0.848. The van der Waals surface area contributed by atoms with E-state index in [4.69, 9.17) is 16.7 Å². The van der Waals surface area contributed by atoms with Crippen molar-refractivity contribution < 1.29 is 23.4 Å².